The van der Waals surface area contributed by atoms with Crippen molar-refractivity contribution in [3.8, 4) is 5.75 Å². The van der Waals surface area contributed by atoms with E-state index in [0.717, 1.165) is 48.7 Å². The van der Waals surface area contributed by atoms with Crippen LogP contribution < -0.4 is 14.5 Å². The van der Waals surface area contributed by atoms with Crippen LogP contribution in [0.4, 0.5) is 16.0 Å². The predicted octanol–water partition coefficient (Wildman–Crippen LogP) is 3.80. The van der Waals surface area contributed by atoms with Crippen molar-refractivity contribution in [2.24, 2.45) is 0 Å². The molecule has 1 N–H and O–H groups in total. The summed E-state index contributed by atoms with van der Waals surface area (Å²) in [5.41, 5.74) is 0.489. The number of fused-ring (bicyclic) bond motifs is 1. The fraction of sp³-hybridized carbons (Fsp3) is 0.480. The van der Waals surface area contributed by atoms with Gasteiger partial charge in [-0.3, -0.25) is 0 Å². The Hall–Kier alpha value is -3.00. The number of ether oxygens (including phenoxy) is 1. The highest BCUT2D eigenvalue weighted by molar-refractivity contribution is 5.91. The molecule has 0 spiro atoms. The normalized spacial score (nSPS) is 17.9. The van der Waals surface area contributed by atoms with E-state index in [9.17, 15) is 9.50 Å². The standard InChI is InChI=1S/C25H30FN5O2/c1-30(13-14-32)22-15-19-20(16-27-22)28-24(25(26)9-10-25)29-23(19)31-11-7-17(8-12-31)18-5-3-4-6-21(18)33-2/h3-6,15-17,32H,7-14H2,1-2H3. The molecule has 2 aliphatic rings. The number of methoxy groups -OCH3 is 1. The predicted molar refractivity (Wildman–Crippen MR) is 127 cm³/mol. The van der Waals surface area contributed by atoms with E-state index in [4.69, 9.17) is 9.72 Å². The van der Waals surface area contributed by atoms with Crippen LogP contribution in [0.25, 0.3) is 10.9 Å². The molecule has 0 amide bonds. The third-order valence-corrected chi connectivity index (χ3v) is 6.84. The van der Waals surface area contributed by atoms with Gasteiger partial charge in [0.25, 0.3) is 0 Å². The Morgan fingerprint density at radius 2 is 1.97 bits per heavy atom. The average Bonchev–Trinajstić information content (AvgIpc) is 3.61. The maximum Gasteiger partial charge on any atom is 0.170 e. The summed E-state index contributed by atoms with van der Waals surface area (Å²) in [6.07, 6.45) is 4.56. The maximum atomic E-state index is 15.0. The van der Waals surface area contributed by atoms with Crippen molar-refractivity contribution >= 4 is 22.5 Å². The van der Waals surface area contributed by atoms with Crippen LogP contribution in [-0.2, 0) is 5.67 Å². The van der Waals surface area contributed by atoms with E-state index in [1.807, 2.05) is 30.1 Å². The Morgan fingerprint density at radius 3 is 2.67 bits per heavy atom. The van der Waals surface area contributed by atoms with E-state index in [0.29, 0.717) is 30.8 Å². The van der Waals surface area contributed by atoms with Gasteiger partial charge < -0.3 is 19.6 Å². The highest BCUT2D eigenvalue weighted by Gasteiger charge is 2.48. The number of rotatable bonds is 7. The van der Waals surface area contributed by atoms with Crippen LogP contribution in [0.2, 0.25) is 0 Å². The molecule has 1 saturated carbocycles. The zero-order valence-electron chi connectivity index (χ0n) is 19.2. The van der Waals surface area contributed by atoms with Crippen LogP contribution in [0, 0.1) is 0 Å². The number of benzene rings is 1. The molecular weight excluding hydrogens is 421 g/mol. The number of pyridine rings is 1. The van der Waals surface area contributed by atoms with E-state index in [1.54, 1.807) is 13.3 Å². The second kappa shape index (κ2) is 8.74. The average molecular weight is 452 g/mol. The summed E-state index contributed by atoms with van der Waals surface area (Å²) in [7, 11) is 3.60. The van der Waals surface area contributed by atoms with Crippen molar-refractivity contribution in [2.75, 3.05) is 50.2 Å². The summed E-state index contributed by atoms with van der Waals surface area (Å²) >= 11 is 0. The van der Waals surface area contributed by atoms with Gasteiger partial charge in [0.05, 0.1) is 25.4 Å². The van der Waals surface area contributed by atoms with Gasteiger partial charge >= 0.3 is 0 Å². The van der Waals surface area contributed by atoms with Crippen molar-refractivity contribution in [3.63, 3.8) is 0 Å². The van der Waals surface area contributed by atoms with E-state index >= 15 is 0 Å². The Morgan fingerprint density at radius 1 is 1.21 bits per heavy atom. The summed E-state index contributed by atoms with van der Waals surface area (Å²) in [6, 6.07) is 10.2. The molecule has 0 bridgehead atoms. The molecule has 1 aliphatic carbocycles. The summed E-state index contributed by atoms with van der Waals surface area (Å²) in [5.74, 6) is 3.13. The first-order valence-corrected chi connectivity index (χ1v) is 11.6. The highest BCUT2D eigenvalue weighted by atomic mass is 19.1. The molecule has 0 atom stereocenters. The second-order valence-electron chi connectivity index (χ2n) is 9.04. The lowest BCUT2D eigenvalue weighted by molar-refractivity contribution is 0.301. The van der Waals surface area contributed by atoms with Gasteiger partial charge in [0.2, 0.25) is 0 Å². The van der Waals surface area contributed by atoms with Crippen molar-refractivity contribution in [2.45, 2.75) is 37.3 Å². The molecule has 8 heteroatoms. The van der Waals surface area contributed by atoms with Gasteiger partial charge in [0.15, 0.2) is 11.5 Å². The van der Waals surface area contributed by atoms with Crippen molar-refractivity contribution in [1.82, 2.24) is 15.0 Å². The lowest BCUT2D eigenvalue weighted by Gasteiger charge is -2.34. The van der Waals surface area contributed by atoms with Crippen LogP contribution >= 0.6 is 0 Å². The smallest absolute Gasteiger partial charge is 0.170 e. The molecular formula is C25H30FN5O2. The van der Waals surface area contributed by atoms with Gasteiger partial charge in [-0.1, -0.05) is 18.2 Å². The van der Waals surface area contributed by atoms with Crippen LogP contribution in [-0.4, -0.2) is 60.5 Å². The van der Waals surface area contributed by atoms with Gasteiger partial charge in [0, 0.05) is 32.1 Å². The summed E-state index contributed by atoms with van der Waals surface area (Å²) in [6.45, 7) is 2.15. The Labute approximate surface area is 193 Å². The molecule has 174 valence electrons. The number of piperidine rings is 1. The fourth-order valence-corrected chi connectivity index (χ4v) is 4.66. The van der Waals surface area contributed by atoms with Crippen LogP contribution in [0.5, 0.6) is 5.75 Å². The number of para-hydroxylation sites is 1. The molecule has 1 aromatic carbocycles. The molecule has 2 aromatic heterocycles. The first kappa shape index (κ1) is 21.8. The van der Waals surface area contributed by atoms with Crippen LogP contribution in [0.1, 0.15) is 43.0 Å². The molecule has 1 aliphatic heterocycles. The number of aliphatic hydroxyl groups excluding tert-OH is 1. The number of hydrogen-bond acceptors (Lipinski definition) is 7. The van der Waals surface area contributed by atoms with Crippen molar-refractivity contribution in [1.29, 1.82) is 0 Å². The van der Waals surface area contributed by atoms with Gasteiger partial charge in [-0.2, -0.15) is 0 Å². The van der Waals surface area contributed by atoms with Gasteiger partial charge in [0.1, 0.15) is 17.4 Å². The lowest BCUT2D eigenvalue weighted by atomic mass is 9.88. The minimum atomic E-state index is -1.41. The minimum absolute atomic E-state index is 0.0410. The molecule has 3 heterocycles. The van der Waals surface area contributed by atoms with E-state index in [1.165, 1.54) is 5.56 Å². The first-order chi connectivity index (χ1) is 16.0. The Balaban J connectivity index is 1.48. The highest BCUT2D eigenvalue weighted by Crippen LogP contribution is 2.49. The number of halogens is 1. The number of aromatic nitrogens is 3. The third-order valence-electron chi connectivity index (χ3n) is 6.84. The summed E-state index contributed by atoms with van der Waals surface area (Å²) in [4.78, 5) is 17.9. The third kappa shape index (κ3) is 4.19. The van der Waals surface area contributed by atoms with E-state index in [-0.39, 0.29) is 12.4 Å². The van der Waals surface area contributed by atoms with Crippen molar-refractivity contribution in [3.05, 3.63) is 47.9 Å². The zero-order valence-corrected chi connectivity index (χ0v) is 19.2. The Kier molecular flexibility index (Phi) is 5.78. The van der Waals surface area contributed by atoms with E-state index < -0.39 is 5.67 Å². The molecule has 33 heavy (non-hydrogen) atoms. The van der Waals surface area contributed by atoms with Gasteiger partial charge in [-0.25, -0.2) is 19.3 Å². The number of anilines is 2. The Bertz CT molecular complexity index is 1140. The first-order valence-electron chi connectivity index (χ1n) is 11.6. The fourth-order valence-electron chi connectivity index (χ4n) is 4.66. The molecule has 1 saturated heterocycles. The van der Waals surface area contributed by atoms with Crippen LogP contribution in [0.15, 0.2) is 36.5 Å². The number of likely N-dealkylation sites (N-methyl/N-ethyl adjacent to an activating group) is 1. The number of alkyl halides is 1. The molecule has 7 nitrogen and oxygen atoms in total. The number of nitrogens with zero attached hydrogens (tertiary/aromatic N) is 5. The monoisotopic (exact) mass is 451 g/mol. The minimum Gasteiger partial charge on any atom is -0.496 e. The van der Waals surface area contributed by atoms with Gasteiger partial charge in [-0.15, -0.1) is 0 Å². The number of hydrogen-bond donors (Lipinski definition) is 1. The topological polar surface area (TPSA) is 74.6 Å². The molecule has 0 radical (unpaired) electrons. The summed E-state index contributed by atoms with van der Waals surface area (Å²) in [5, 5.41) is 10.2. The SMILES string of the molecule is COc1ccccc1C1CCN(c2nc(C3(F)CC3)nc3cnc(N(C)CCO)cc23)CC1. The molecule has 5 rings (SSSR count). The number of aliphatic hydroxyl groups is 1. The second-order valence-corrected chi connectivity index (χ2v) is 9.04. The molecule has 3 aromatic rings. The molecule has 2 fully saturated rings. The molecule has 0 unspecified atom stereocenters. The largest absolute Gasteiger partial charge is 0.496 e. The maximum absolute atomic E-state index is 15.0. The van der Waals surface area contributed by atoms with E-state index in [2.05, 4.69) is 27.0 Å². The quantitative estimate of drug-likeness (QED) is 0.586. The van der Waals surface area contributed by atoms with Crippen molar-refractivity contribution < 1.29 is 14.2 Å². The van der Waals surface area contributed by atoms with Gasteiger partial charge in [-0.05, 0) is 49.3 Å². The van der Waals surface area contributed by atoms with Crippen LogP contribution in [0.3, 0.4) is 0 Å². The zero-order chi connectivity index (χ0) is 23.0. The lowest BCUT2D eigenvalue weighted by Crippen LogP contribution is -2.34. The summed E-state index contributed by atoms with van der Waals surface area (Å²) < 4.78 is 20.5.